The second-order valence-corrected chi connectivity index (χ2v) is 6.49. The van der Waals surface area contributed by atoms with Crippen molar-refractivity contribution in [1.82, 2.24) is 4.57 Å². The second kappa shape index (κ2) is 7.32. The molecule has 1 heterocycles. The maximum Gasteiger partial charge on any atom is 0.279 e. The van der Waals surface area contributed by atoms with Gasteiger partial charge in [-0.25, -0.2) is 0 Å². The Bertz CT molecular complexity index is 1020. The molecule has 0 spiro atoms. The Morgan fingerprint density at radius 3 is 2.68 bits per heavy atom. The summed E-state index contributed by atoms with van der Waals surface area (Å²) in [6.07, 6.45) is 0.932. The summed E-state index contributed by atoms with van der Waals surface area (Å²) in [7, 11) is 1.64. The van der Waals surface area contributed by atoms with Crippen LogP contribution in [0.25, 0.3) is 10.2 Å². The van der Waals surface area contributed by atoms with Crippen molar-refractivity contribution < 1.29 is 9.53 Å². The van der Waals surface area contributed by atoms with Crippen molar-refractivity contribution in [3.05, 3.63) is 58.4 Å². The van der Waals surface area contributed by atoms with Crippen molar-refractivity contribution in [3.8, 4) is 11.8 Å². The van der Waals surface area contributed by atoms with Crippen molar-refractivity contribution in [3.63, 3.8) is 0 Å². The van der Waals surface area contributed by atoms with Gasteiger partial charge in [-0.05, 0) is 42.8 Å². The zero-order chi connectivity index (χ0) is 17.8. The van der Waals surface area contributed by atoms with E-state index in [9.17, 15) is 4.79 Å². The highest BCUT2D eigenvalue weighted by molar-refractivity contribution is 7.16. The van der Waals surface area contributed by atoms with Crippen molar-refractivity contribution in [1.29, 1.82) is 5.26 Å². The van der Waals surface area contributed by atoms with E-state index in [-0.39, 0.29) is 5.91 Å². The first-order chi connectivity index (χ1) is 12.2. The molecule has 3 aromatic rings. The van der Waals surface area contributed by atoms with Crippen molar-refractivity contribution >= 4 is 27.5 Å². The maximum absolute atomic E-state index is 12.5. The Balaban J connectivity index is 2.09. The first-order valence-electron chi connectivity index (χ1n) is 7.93. The van der Waals surface area contributed by atoms with Gasteiger partial charge in [-0.2, -0.15) is 10.3 Å². The van der Waals surface area contributed by atoms with E-state index in [4.69, 9.17) is 10.00 Å². The minimum absolute atomic E-state index is 0.312. The third kappa shape index (κ3) is 3.47. The zero-order valence-corrected chi connectivity index (χ0v) is 14.8. The molecule has 0 saturated carbocycles. The number of ether oxygens (including phenoxy) is 1. The van der Waals surface area contributed by atoms with E-state index in [0.29, 0.717) is 15.9 Å². The van der Waals surface area contributed by atoms with Gasteiger partial charge in [0.15, 0.2) is 4.80 Å². The van der Waals surface area contributed by atoms with E-state index in [0.717, 1.165) is 28.9 Å². The lowest BCUT2D eigenvalue weighted by atomic mass is 10.1. The van der Waals surface area contributed by atoms with Crippen LogP contribution >= 0.6 is 11.3 Å². The van der Waals surface area contributed by atoms with Crippen molar-refractivity contribution in [2.75, 3.05) is 7.11 Å². The van der Waals surface area contributed by atoms with Crippen LogP contribution in [0.2, 0.25) is 0 Å². The lowest BCUT2D eigenvalue weighted by Gasteiger charge is -2.04. The Labute approximate surface area is 149 Å². The van der Waals surface area contributed by atoms with E-state index in [1.54, 1.807) is 31.4 Å². The number of amides is 1. The largest absolute Gasteiger partial charge is 0.497 e. The quantitative estimate of drug-likeness (QED) is 0.719. The average molecular weight is 351 g/mol. The molecule has 0 aliphatic heterocycles. The van der Waals surface area contributed by atoms with Gasteiger partial charge in [-0.15, -0.1) is 0 Å². The highest BCUT2D eigenvalue weighted by Crippen LogP contribution is 2.23. The standard InChI is InChI=1S/C19H17N3O2S/c1-3-10-22-16-11-15(24-2)8-9-17(16)25-19(22)21-18(23)14-6-4-13(12-20)5-7-14/h4-9,11H,3,10H2,1-2H3. The molecule has 0 saturated heterocycles. The van der Waals surface area contributed by atoms with Crippen LogP contribution < -0.4 is 9.54 Å². The Morgan fingerprint density at radius 2 is 2.04 bits per heavy atom. The van der Waals surface area contributed by atoms with Gasteiger partial charge in [0.05, 0.1) is 29.0 Å². The monoisotopic (exact) mass is 351 g/mol. The number of aryl methyl sites for hydroxylation is 1. The normalized spacial score (nSPS) is 11.5. The first-order valence-corrected chi connectivity index (χ1v) is 8.74. The zero-order valence-electron chi connectivity index (χ0n) is 14.0. The molecule has 2 aromatic carbocycles. The molecule has 0 N–H and O–H groups in total. The smallest absolute Gasteiger partial charge is 0.279 e. The van der Waals surface area contributed by atoms with Crippen LogP contribution in [0.4, 0.5) is 0 Å². The maximum atomic E-state index is 12.5. The predicted octanol–water partition coefficient (Wildman–Crippen LogP) is 3.73. The summed E-state index contributed by atoms with van der Waals surface area (Å²) in [5.41, 5.74) is 2.00. The van der Waals surface area contributed by atoms with Gasteiger partial charge >= 0.3 is 0 Å². The molecule has 25 heavy (non-hydrogen) atoms. The molecule has 0 bridgehead atoms. The molecule has 1 amide bonds. The number of aromatic nitrogens is 1. The number of nitrogens with zero attached hydrogens (tertiary/aromatic N) is 3. The van der Waals surface area contributed by atoms with E-state index < -0.39 is 0 Å². The molecule has 3 rings (SSSR count). The van der Waals surface area contributed by atoms with Gasteiger partial charge < -0.3 is 9.30 Å². The topological polar surface area (TPSA) is 67.4 Å². The summed E-state index contributed by atoms with van der Waals surface area (Å²) in [5, 5.41) is 8.85. The number of fused-ring (bicyclic) bond motifs is 1. The van der Waals surface area contributed by atoms with Gasteiger partial charge in [0.25, 0.3) is 5.91 Å². The summed E-state index contributed by atoms with van der Waals surface area (Å²) in [6, 6.07) is 14.4. The summed E-state index contributed by atoms with van der Waals surface area (Å²) in [6.45, 7) is 2.86. The van der Waals surface area contributed by atoms with Crippen LogP contribution in [-0.4, -0.2) is 17.6 Å². The number of methoxy groups -OCH3 is 1. The van der Waals surface area contributed by atoms with Crippen molar-refractivity contribution in [2.24, 2.45) is 4.99 Å². The van der Waals surface area contributed by atoms with E-state index >= 15 is 0 Å². The molecule has 0 atom stereocenters. The predicted molar refractivity (Wildman–Crippen MR) is 97.7 cm³/mol. The molecular weight excluding hydrogens is 334 g/mol. The first kappa shape index (κ1) is 16.9. The lowest BCUT2D eigenvalue weighted by molar-refractivity contribution is 0.0998. The fourth-order valence-corrected chi connectivity index (χ4v) is 3.57. The number of thiazole rings is 1. The van der Waals surface area contributed by atoms with Crippen LogP contribution in [0.3, 0.4) is 0 Å². The van der Waals surface area contributed by atoms with Gasteiger partial charge in [0, 0.05) is 18.2 Å². The number of carbonyl (C=O) groups is 1. The number of carbonyl (C=O) groups excluding carboxylic acids is 1. The number of hydrogen-bond donors (Lipinski definition) is 0. The fraction of sp³-hybridized carbons (Fsp3) is 0.211. The van der Waals surface area contributed by atoms with Crippen LogP contribution in [-0.2, 0) is 6.54 Å². The van der Waals surface area contributed by atoms with Crippen LogP contribution in [0.15, 0.2) is 47.5 Å². The van der Waals surface area contributed by atoms with Crippen LogP contribution in [0.5, 0.6) is 5.75 Å². The molecular formula is C19H17N3O2S. The minimum atomic E-state index is -0.312. The second-order valence-electron chi connectivity index (χ2n) is 5.48. The number of nitriles is 1. The third-order valence-corrected chi connectivity index (χ3v) is 4.85. The van der Waals surface area contributed by atoms with E-state index in [1.807, 2.05) is 28.8 Å². The highest BCUT2D eigenvalue weighted by atomic mass is 32.1. The molecule has 5 nitrogen and oxygen atoms in total. The highest BCUT2D eigenvalue weighted by Gasteiger charge is 2.10. The third-order valence-electron chi connectivity index (χ3n) is 3.79. The fourth-order valence-electron chi connectivity index (χ4n) is 2.54. The number of benzene rings is 2. The van der Waals surface area contributed by atoms with Gasteiger partial charge in [0.2, 0.25) is 0 Å². The molecule has 126 valence electrons. The Kier molecular flexibility index (Phi) is 4.96. The number of rotatable bonds is 4. The molecule has 0 radical (unpaired) electrons. The molecule has 0 unspecified atom stereocenters. The molecule has 0 fully saturated rings. The molecule has 0 aliphatic rings. The summed E-state index contributed by atoms with van der Waals surface area (Å²) < 4.78 is 8.41. The van der Waals surface area contributed by atoms with Crippen molar-refractivity contribution in [2.45, 2.75) is 19.9 Å². The van der Waals surface area contributed by atoms with Crippen LogP contribution in [0, 0.1) is 11.3 Å². The molecule has 6 heteroatoms. The Morgan fingerprint density at radius 1 is 1.28 bits per heavy atom. The Hall–Kier alpha value is -2.91. The lowest BCUT2D eigenvalue weighted by Crippen LogP contribution is -2.16. The van der Waals surface area contributed by atoms with Gasteiger partial charge in [-0.3, -0.25) is 4.79 Å². The van der Waals surface area contributed by atoms with E-state index in [2.05, 4.69) is 11.9 Å². The summed E-state index contributed by atoms with van der Waals surface area (Å²) >= 11 is 1.48. The summed E-state index contributed by atoms with van der Waals surface area (Å²) in [4.78, 5) is 17.5. The average Bonchev–Trinajstić information content (AvgIpc) is 2.98. The number of hydrogen-bond acceptors (Lipinski definition) is 4. The molecule has 0 aliphatic carbocycles. The molecule has 1 aromatic heterocycles. The SMILES string of the molecule is CCCn1c(=NC(=O)c2ccc(C#N)cc2)sc2ccc(OC)cc21. The van der Waals surface area contributed by atoms with Crippen LogP contribution in [0.1, 0.15) is 29.3 Å². The van der Waals surface area contributed by atoms with Gasteiger partial charge in [0.1, 0.15) is 5.75 Å². The summed E-state index contributed by atoms with van der Waals surface area (Å²) in [5.74, 6) is 0.466. The van der Waals surface area contributed by atoms with Gasteiger partial charge in [-0.1, -0.05) is 18.3 Å². The van der Waals surface area contributed by atoms with E-state index in [1.165, 1.54) is 11.3 Å². The minimum Gasteiger partial charge on any atom is -0.497 e.